The van der Waals surface area contributed by atoms with Gasteiger partial charge in [-0.2, -0.15) is 0 Å². The molecule has 0 fully saturated rings. The zero-order chi connectivity index (χ0) is 16.1. The highest BCUT2D eigenvalue weighted by atomic mass is 35.5. The van der Waals surface area contributed by atoms with E-state index < -0.39 is 18.0 Å². The molecule has 0 aromatic heterocycles. The lowest BCUT2D eigenvalue weighted by Crippen LogP contribution is -2.26. The topological polar surface area (TPSA) is 63.6 Å². The van der Waals surface area contributed by atoms with Crippen molar-refractivity contribution in [1.82, 2.24) is 0 Å². The van der Waals surface area contributed by atoms with Crippen molar-refractivity contribution < 1.29 is 19.4 Å². The van der Waals surface area contributed by atoms with Crippen LogP contribution in [0.5, 0.6) is 0 Å². The van der Waals surface area contributed by atoms with E-state index in [0.29, 0.717) is 6.42 Å². The fraction of sp³-hybridized carbons (Fsp3) is 0.625. The van der Waals surface area contributed by atoms with Crippen LogP contribution in [-0.2, 0) is 14.3 Å². The predicted molar refractivity (Wildman–Crippen MR) is 84.3 cm³/mol. The zero-order valence-electron chi connectivity index (χ0n) is 12.6. The second-order valence-electron chi connectivity index (χ2n) is 4.97. The van der Waals surface area contributed by atoms with E-state index in [9.17, 15) is 9.59 Å². The van der Waals surface area contributed by atoms with E-state index in [1.165, 1.54) is 24.5 Å². The molecular formula is C16H25ClO4. The number of halogens is 1. The van der Waals surface area contributed by atoms with Gasteiger partial charge >= 0.3 is 11.9 Å². The Labute approximate surface area is 131 Å². The standard InChI is InChI=1S/C16H25ClO4/c1-3-4-5-8-13(2)9-6-11-15(18)21-14(16(19)20)10-7-12-17/h7,12,14H,2-6,8-11H2,1H3,(H,19,20)/b12-7+/t14-/m0/s1. The summed E-state index contributed by atoms with van der Waals surface area (Å²) >= 11 is 5.33. The molecule has 0 saturated carbocycles. The highest BCUT2D eigenvalue weighted by molar-refractivity contribution is 6.25. The number of ether oxygens (including phenoxy) is 1. The molecule has 4 nitrogen and oxygen atoms in total. The van der Waals surface area contributed by atoms with Crippen molar-refractivity contribution >= 4 is 23.5 Å². The largest absolute Gasteiger partial charge is 0.478 e. The van der Waals surface area contributed by atoms with Crippen LogP contribution in [0.1, 0.15) is 58.3 Å². The molecule has 0 aromatic rings. The van der Waals surface area contributed by atoms with Crippen molar-refractivity contribution in [2.75, 3.05) is 0 Å². The normalized spacial score (nSPS) is 12.3. The number of aliphatic carboxylic acids is 1. The monoisotopic (exact) mass is 316 g/mol. The minimum absolute atomic E-state index is 0.0777. The van der Waals surface area contributed by atoms with Crippen molar-refractivity contribution in [2.24, 2.45) is 0 Å². The highest BCUT2D eigenvalue weighted by Crippen LogP contribution is 2.14. The highest BCUT2D eigenvalue weighted by Gasteiger charge is 2.20. The summed E-state index contributed by atoms with van der Waals surface area (Å²) in [5.74, 6) is -1.66. The molecule has 0 aliphatic carbocycles. The number of allylic oxidation sites excluding steroid dienone is 1. The third kappa shape index (κ3) is 11.1. The van der Waals surface area contributed by atoms with Gasteiger partial charge < -0.3 is 9.84 Å². The maximum Gasteiger partial charge on any atom is 0.345 e. The van der Waals surface area contributed by atoms with E-state index >= 15 is 0 Å². The number of carboxylic acids is 1. The Morgan fingerprint density at radius 2 is 1.90 bits per heavy atom. The fourth-order valence-corrected chi connectivity index (χ4v) is 1.93. The summed E-state index contributed by atoms with van der Waals surface area (Å²) in [5.41, 5.74) is 2.35. The van der Waals surface area contributed by atoms with Crippen molar-refractivity contribution in [3.63, 3.8) is 0 Å². The molecule has 0 saturated heterocycles. The smallest absolute Gasteiger partial charge is 0.345 e. The minimum atomic E-state index is -1.17. The summed E-state index contributed by atoms with van der Waals surface area (Å²) in [4.78, 5) is 22.5. The third-order valence-electron chi connectivity index (χ3n) is 3.03. The zero-order valence-corrected chi connectivity index (χ0v) is 13.4. The van der Waals surface area contributed by atoms with Crippen LogP contribution >= 0.6 is 11.6 Å². The summed E-state index contributed by atoms with van der Waals surface area (Å²) in [6.45, 7) is 6.13. The van der Waals surface area contributed by atoms with Crippen molar-refractivity contribution in [3.05, 3.63) is 23.8 Å². The number of carbonyl (C=O) groups is 2. The minimum Gasteiger partial charge on any atom is -0.478 e. The molecule has 0 aliphatic heterocycles. The first-order valence-electron chi connectivity index (χ1n) is 7.35. The van der Waals surface area contributed by atoms with Crippen LogP contribution in [0.3, 0.4) is 0 Å². The lowest BCUT2D eigenvalue weighted by Gasteiger charge is -2.12. The number of carboxylic acid groups (broad SMARTS) is 1. The molecule has 0 aromatic carbocycles. The van der Waals surface area contributed by atoms with Gasteiger partial charge in [-0.15, -0.1) is 0 Å². The summed E-state index contributed by atoms with van der Waals surface area (Å²) in [6, 6.07) is 0. The number of esters is 1. The molecule has 1 N–H and O–H groups in total. The molecule has 0 rings (SSSR count). The summed E-state index contributed by atoms with van der Waals surface area (Å²) in [7, 11) is 0. The van der Waals surface area contributed by atoms with Gasteiger partial charge in [0.1, 0.15) is 0 Å². The number of hydrogen-bond donors (Lipinski definition) is 1. The Bertz CT molecular complexity index is 363. The molecule has 21 heavy (non-hydrogen) atoms. The van der Waals surface area contributed by atoms with Gasteiger partial charge in [-0.3, -0.25) is 4.79 Å². The maximum absolute atomic E-state index is 11.6. The quantitative estimate of drug-likeness (QED) is 0.328. The van der Waals surface area contributed by atoms with E-state index in [1.807, 2.05) is 0 Å². The Kier molecular flexibility index (Phi) is 11.7. The number of rotatable bonds is 12. The lowest BCUT2D eigenvalue weighted by molar-refractivity contribution is -0.163. The van der Waals surface area contributed by atoms with Gasteiger partial charge in [-0.1, -0.05) is 49.6 Å². The average molecular weight is 317 g/mol. The molecular weight excluding hydrogens is 292 g/mol. The van der Waals surface area contributed by atoms with Gasteiger partial charge in [0.15, 0.2) is 0 Å². The summed E-state index contributed by atoms with van der Waals surface area (Å²) in [5, 5.41) is 8.91. The van der Waals surface area contributed by atoms with E-state index in [-0.39, 0.29) is 12.8 Å². The van der Waals surface area contributed by atoms with Crippen LogP contribution in [0.2, 0.25) is 0 Å². The van der Waals surface area contributed by atoms with Gasteiger partial charge in [0.05, 0.1) is 0 Å². The predicted octanol–water partition coefficient (Wildman–Crippen LogP) is 4.43. The van der Waals surface area contributed by atoms with Gasteiger partial charge in [-0.25, -0.2) is 4.79 Å². The van der Waals surface area contributed by atoms with Crippen LogP contribution in [-0.4, -0.2) is 23.1 Å². The summed E-state index contributed by atoms with van der Waals surface area (Å²) in [6.07, 6.45) is 6.47. The Morgan fingerprint density at radius 1 is 1.24 bits per heavy atom. The molecule has 0 unspecified atom stereocenters. The Hall–Kier alpha value is -1.29. The molecule has 0 bridgehead atoms. The Balaban J connectivity index is 3.92. The summed E-state index contributed by atoms with van der Waals surface area (Å²) < 4.78 is 4.92. The molecule has 0 spiro atoms. The molecule has 120 valence electrons. The molecule has 0 amide bonds. The van der Waals surface area contributed by atoms with Crippen LogP contribution in [0.25, 0.3) is 0 Å². The van der Waals surface area contributed by atoms with Crippen LogP contribution < -0.4 is 0 Å². The van der Waals surface area contributed by atoms with Gasteiger partial charge in [0, 0.05) is 18.4 Å². The average Bonchev–Trinajstić information content (AvgIpc) is 2.43. The van der Waals surface area contributed by atoms with Crippen LogP contribution in [0.15, 0.2) is 23.8 Å². The SMILES string of the molecule is C=C(CCCCC)CCCC(=O)O[C@@H](C/C=C/Cl)C(=O)O. The first-order valence-corrected chi connectivity index (χ1v) is 7.79. The van der Waals surface area contributed by atoms with Crippen LogP contribution in [0, 0.1) is 0 Å². The maximum atomic E-state index is 11.6. The molecule has 0 aliphatic rings. The Morgan fingerprint density at radius 3 is 2.48 bits per heavy atom. The lowest BCUT2D eigenvalue weighted by atomic mass is 10.0. The van der Waals surface area contributed by atoms with E-state index in [1.54, 1.807) is 0 Å². The number of unbranched alkanes of at least 4 members (excludes halogenated alkanes) is 2. The fourth-order valence-electron chi connectivity index (χ4n) is 1.82. The molecule has 0 heterocycles. The third-order valence-corrected chi connectivity index (χ3v) is 3.21. The molecule has 5 heteroatoms. The van der Waals surface area contributed by atoms with Gasteiger partial charge in [-0.05, 0) is 25.7 Å². The second kappa shape index (κ2) is 12.5. The first kappa shape index (κ1) is 19.7. The van der Waals surface area contributed by atoms with E-state index in [0.717, 1.165) is 24.8 Å². The second-order valence-corrected chi connectivity index (χ2v) is 5.23. The first-order chi connectivity index (χ1) is 10.0. The van der Waals surface area contributed by atoms with Crippen LogP contribution in [0.4, 0.5) is 0 Å². The number of hydrogen-bond acceptors (Lipinski definition) is 3. The van der Waals surface area contributed by atoms with E-state index in [2.05, 4.69) is 13.5 Å². The molecule has 0 radical (unpaired) electrons. The van der Waals surface area contributed by atoms with Crippen molar-refractivity contribution in [3.8, 4) is 0 Å². The molecule has 1 atom stereocenters. The van der Waals surface area contributed by atoms with Crippen molar-refractivity contribution in [2.45, 2.75) is 64.4 Å². The van der Waals surface area contributed by atoms with Crippen molar-refractivity contribution in [1.29, 1.82) is 0 Å². The number of carbonyl (C=O) groups excluding carboxylic acids is 1. The van der Waals surface area contributed by atoms with Gasteiger partial charge in [0.2, 0.25) is 6.10 Å². The van der Waals surface area contributed by atoms with E-state index in [4.69, 9.17) is 21.4 Å². The van der Waals surface area contributed by atoms with Gasteiger partial charge in [0.25, 0.3) is 0 Å².